The number of nitrogens with zero attached hydrogens (tertiary/aromatic N) is 3. The molecular weight excluding hydrogens is 240 g/mol. The summed E-state index contributed by atoms with van der Waals surface area (Å²) in [6, 6.07) is 5.81. The summed E-state index contributed by atoms with van der Waals surface area (Å²) in [5.74, 6) is 2.61. The number of nitrogen functional groups attached to an aromatic ring is 1. The molecule has 2 aromatic rings. The summed E-state index contributed by atoms with van der Waals surface area (Å²) in [6.45, 7) is 6.03. The fourth-order valence-electron chi connectivity index (χ4n) is 1.81. The van der Waals surface area contributed by atoms with Crippen LogP contribution in [0.2, 0.25) is 0 Å². The summed E-state index contributed by atoms with van der Waals surface area (Å²) in [5.41, 5.74) is 7.69. The highest BCUT2D eigenvalue weighted by molar-refractivity contribution is 5.59. The van der Waals surface area contributed by atoms with Crippen molar-refractivity contribution in [3.05, 3.63) is 29.6 Å². The molecule has 0 spiro atoms. The molecule has 0 aliphatic carbocycles. The summed E-state index contributed by atoms with van der Waals surface area (Å²) < 4.78 is 5.24. The maximum atomic E-state index is 5.74. The molecule has 19 heavy (non-hydrogen) atoms. The molecule has 0 atom stereocenters. The smallest absolute Gasteiger partial charge is 0.223 e. The van der Waals surface area contributed by atoms with Crippen molar-refractivity contribution in [3.63, 3.8) is 0 Å². The van der Waals surface area contributed by atoms with Gasteiger partial charge >= 0.3 is 0 Å². The first-order valence-corrected chi connectivity index (χ1v) is 6.17. The number of hydrogen-bond acceptors (Lipinski definition) is 5. The number of rotatable bonds is 3. The van der Waals surface area contributed by atoms with Crippen LogP contribution in [0.25, 0.3) is 11.4 Å². The van der Waals surface area contributed by atoms with Gasteiger partial charge in [-0.05, 0) is 30.7 Å². The zero-order valence-corrected chi connectivity index (χ0v) is 11.6. The van der Waals surface area contributed by atoms with Gasteiger partial charge in [0.25, 0.3) is 0 Å². The van der Waals surface area contributed by atoms with Crippen molar-refractivity contribution in [1.29, 1.82) is 0 Å². The van der Waals surface area contributed by atoms with Crippen LogP contribution in [0.5, 0.6) is 5.75 Å². The monoisotopic (exact) mass is 258 g/mol. The predicted molar refractivity (Wildman–Crippen MR) is 75.1 cm³/mol. The Hall–Kier alpha value is -2.17. The molecule has 0 fully saturated rings. The molecule has 0 saturated carbocycles. The number of ether oxygens (including phenoxy) is 1. The molecule has 0 radical (unpaired) electrons. The fourth-order valence-corrected chi connectivity index (χ4v) is 1.81. The second kappa shape index (κ2) is 5.22. The number of benzene rings is 1. The van der Waals surface area contributed by atoms with E-state index in [1.807, 2.05) is 39.0 Å². The van der Waals surface area contributed by atoms with Gasteiger partial charge in [-0.2, -0.15) is 9.97 Å². The van der Waals surface area contributed by atoms with E-state index in [9.17, 15) is 0 Å². The molecule has 1 aromatic carbocycles. The minimum Gasteiger partial charge on any atom is -0.496 e. The van der Waals surface area contributed by atoms with Crippen LogP contribution < -0.4 is 10.5 Å². The highest BCUT2D eigenvalue weighted by atomic mass is 16.5. The van der Waals surface area contributed by atoms with Gasteiger partial charge in [0, 0.05) is 11.5 Å². The van der Waals surface area contributed by atoms with E-state index in [0.29, 0.717) is 11.6 Å². The molecule has 0 amide bonds. The quantitative estimate of drug-likeness (QED) is 0.915. The van der Waals surface area contributed by atoms with Gasteiger partial charge in [-0.15, -0.1) is 0 Å². The Labute approximate surface area is 112 Å². The first-order valence-electron chi connectivity index (χ1n) is 6.17. The first kappa shape index (κ1) is 13.3. The van der Waals surface area contributed by atoms with Crippen LogP contribution in [0.1, 0.15) is 31.2 Å². The zero-order chi connectivity index (χ0) is 14.0. The van der Waals surface area contributed by atoms with Crippen molar-refractivity contribution in [2.24, 2.45) is 0 Å². The maximum absolute atomic E-state index is 5.74. The molecule has 1 heterocycles. The van der Waals surface area contributed by atoms with Gasteiger partial charge < -0.3 is 10.5 Å². The number of methoxy groups -OCH3 is 1. The minimum absolute atomic E-state index is 0.211. The van der Waals surface area contributed by atoms with Crippen molar-refractivity contribution in [2.75, 3.05) is 12.8 Å². The van der Waals surface area contributed by atoms with E-state index in [4.69, 9.17) is 10.5 Å². The molecular formula is C14H18N4O. The van der Waals surface area contributed by atoms with Crippen LogP contribution in [-0.4, -0.2) is 22.1 Å². The van der Waals surface area contributed by atoms with Crippen LogP contribution >= 0.6 is 0 Å². The van der Waals surface area contributed by atoms with Crippen LogP contribution in [0.4, 0.5) is 5.95 Å². The number of aromatic nitrogens is 3. The third kappa shape index (κ3) is 2.81. The largest absolute Gasteiger partial charge is 0.496 e. The van der Waals surface area contributed by atoms with Crippen molar-refractivity contribution in [1.82, 2.24) is 15.0 Å². The summed E-state index contributed by atoms with van der Waals surface area (Å²) in [5, 5.41) is 0. The van der Waals surface area contributed by atoms with E-state index in [0.717, 1.165) is 16.9 Å². The highest BCUT2D eigenvalue weighted by Gasteiger charge is 2.10. The number of hydrogen-bond donors (Lipinski definition) is 1. The van der Waals surface area contributed by atoms with Gasteiger partial charge in [0.05, 0.1) is 7.11 Å². The second-order valence-corrected chi connectivity index (χ2v) is 4.71. The van der Waals surface area contributed by atoms with E-state index in [2.05, 4.69) is 15.0 Å². The zero-order valence-electron chi connectivity index (χ0n) is 11.6. The summed E-state index contributed by atoms with van der Waals surface area (Å²) in [7, 11) is 1.65. The third-order valence-corrected chi connectivity index (χ3v) is 2.84. The van der Waals surface area contributed by atoms with Crippen molar-refractivity contribution in [3.8, 4) is 17.1 Å². The fraction of sp³-hybridized carbons (Fsp3) is 0.357. The van der Waals surface area contributed by atoms with Crippen molar-refractivity contribution in [2.45, 2.75) is 26.7 Å². The average molecular weight is 258 g/mol. The number of aryl methyl sites for hydroxylation is 1. The van der Waals surface area contributed by atoms with Crippen LogP contribution in [0.15, 0.2) is 18.2 Å². The summed E-state index contributed by atoms with van der Waals surface area (Å²) in [4.78, 5) is 12.8. The Kier molecular flexibility index (Phi) is 3.64. The van der Waals surface area contributed by atoms with Crippen molar-refractivity contribution >= 4 is 5.95 Å². The lowest BCUT2D eigenvalue weighted by Gasteiger charge is -2.09. The second-order valence-electron chi connectivity index (χ2n) is 4.71. The summed E-state index contributed by atoms with van der Waals surface area (Å²) >= 11 is 0. The Bertz CT molecular complexity index is 596. The van der Waals surface area contributed by atoms with Gasteiger partial charge in [0.2, 0.25) is 5.95 Å². The molecule has 5 heteroatoms. The van der Waals surface area contributed by atoms with E-state index >= 15 is 0 Å². The molecule has 1 aromatic heterocycles. The summed E-state index contributed by atoms with van der Waals surface area (Å²) in [6.07, 6.45) is 0. The van der Waals surface area contributed by atoms with Crippen LogP contribution in [-0.2, 0) is 0 Å². The Morgan fingerprint density at radius 2 is 1.89 bits per heavy atom. The Morgan fingerprint density at radius 1 is 1.16 bits per heavy atom. The third-order valence-electron chi connectivity index (χ3n) is 2.84. The van der Waals surface area contributed by atoms with Gasteiger partial charge in [0.15, 0.2) is 5.82 Å². The molecule has 100 valence electrons. The molecule has 0 aliphatic rings. The van der Waals surface area contributed by atoms with Gasteiger partial charge in [-0.25, -0.2) is 4.98 Å². The van der Waals surface area contributed by atoms with E-state index in [1.54, 1.807) is 7.11 Å². The molecule has 2 N–H and O–H groups in total. The Morgan fingerprint density at radius 3 is 2.47 bits per heavy atom. The van der Waals surface area contributed by atoms with E-state index < -0.39 is 0 Å². The lowest BCUT2D eigenvalue weighted by Crippen LogP contribution is -2.06. The molecule has 0 aliphatic heterocycles. The van der Waals surface area contributed by atoms with Crippen LogP contribution in [0, 0.1) is 6.92 Å². The van der Waals surface area contributed by atoms with Crippen molar-refractivity contribution < 1.29 is 4.74 Å². The van der Waals surface area contributed by atoms with Crippen LogP contribution in [0.3, 0.4) is 0 Å². The van der Waals surface area contributed by atoms with Gasteiger partial charge in [0.1, 0.15) is 11.6 Å². The SMILES string of the molecule is COc1ccc(-c2nc(N)nc(C(C)C)n2)cc1C. The highest BCUT2D eigenvalue weighted by Crippen LogP contribution is 2.24. The Balaban J connectivity index is 2.49. The first-order chi connectivity index (χ1) is 9.01. The number of nitrogens with two attached hydrogens (primary N) is 1. The van der Waals surface area contributed by atoms with E-state index in [1.165, 1.54) is 0 Å². The number of anilines is 1. The van der Waals surface area contributed by atoms with E-state index in [-0.39, 0.29) is 11.9 Å². The molecule has 2 rings (SSSR count). The minimum atomic E-state index is 0.211. The standard InChI is InChI=1S/C14H18N4O/c1-8(2)12-16-13(18-14(15)17-12)10-5-6-11(19-4)9(3)7-10/h5-8H,1-4H3,(H2,15,16,17,18). The normalized spacial score (nSPS) is 10.8. The van der Waals surface area contributed by atoms with Gasteiger partial charge in [-0.3, -0.25) is 0 Å². The average Bonchev–Trinajstić information content (AvgIpc) is 2.37. The molecule has 0 saturated heterocycles. The molecule has 0 unspecified atom stereocenters. The molecule has 0 bridgehead atoms. The predicted octanol–water partition coefficient (Wildman–Crippen LogP) is 2.56. The topological polar surface area (TPSA) is 73.9 Å². The maximum Gasteiger partial charge on any atom is 0.223 e. The molecule has 5 nitrogen and oxygen atoms in total. The van der Waals surface area contributed by atoms with Gasteiger partial charge in [-0.1, -0.05) is 13.8 Å². The lowest BCUT2D eigenvalue weighted by molar-refractivity contribution is 0.412. The lowest BCUT2D eigenvalue weighted by atomic mass is 10.1.